The van der Waals surface area contributed by atoms with E-state index in [1.807, 2.05) is 12.1 Å². The van der Waals surface area contributed by atoms with E-state index in [4.69, 9.17) is 0 Å². The molecule has 1 aliphatic carbocycles. The Kier molecular flexibility index (Phi) is 2.16. The highest BCUT2D eigenvalue weighted by atomic mass is 16.2. The van der Waals surface area contributed by atoms with E-state index in [2.05, 4.69) is 5.32 Å². The number of para-hydroxylation sites is 1. The number of carbonyl (C=O) groups is 3. The number of amides is 3. The van der Waals surface area contributed by atoms with Gasteiger partial charge in [-0.1, -0.05) is 30.4 Å². The molecule has 4 aliphatic rings. The SMILES string of the molecule is O=C1N[C@H]2C=C[C@H]1[C@@H]1C(=O)N(c3ccccc3)C(=O)[C@H]12. The van der Waals surface area contributed by atoms with Crippen LogP contribution in [-0.2, 0) is 14.4 Å². The molecule has 5 rings (SSSR count). The highest BCUT2D eigenvalue weighted by Gasteiger charge is 2.59. The van der Waals surface area contributed by atoms with E-state index in [-0.39, 0.29) is 23.8 Å². The Hall–Kier alpha value is -2.43. The summed E-state index contributed by atoms with van der Waals surface area (Å²) in [5, 5.41) is 2.78. The van der Waals surface area contributed by atoms with Crippen LogP contribution in [0.2, 0.25) is 0 Å². The Morgan fingerprint density at radius 3 is 2.30 bits per heavy atom. The first-order chi connectivity index (χ1) is 9.68. The molecule has 1 aromatic carbocycles. The fraction of sp³-hybridized carbons (Fsp3) is 0.267. The molecule has 5 nitrogen and oxygen atoms in total. The summed E-state index contributed by atoms with van der Waals surface area (Å²) in [5.41, 5.74) is 0.573. The molecule has 2 saturated heterocycles. The van der Waals surface area contributed by atoms with E-state index in [1.54, 1.807) is 30.3 Å². The van der Waals surface area contributed by atoms with Gasteiger partial charge in [0.2, 0.25) is 17.7 Å². The molecule has 3 amide bonds. The third-order valence-corrected chi connectivity index (χ3v) is 4.32. The molecule has 3 heterocycles. The van der Waals surface area contributed by atoms with Gasteiger partial charge in [0.1, 0.15) is 0 Å². The maximum absolute atomic E-state index is 12.6. The predicted octanol–water partition coefficient (Wildman–Crippen LogP) is 0.477. The fourth-order valence-electron chi connectivity index (χ4n) is 3.43. The van der Waals surface area contributed by atoms with Gasteiger partial charge in [-0.15, -0.1) is 0 Å². The largest absolute Gasteiger partial charge is 0.349 e. The van der Waals surface area contributed by atoms with Crippen LogP contribution >= 0.6 is 0 Å². The van der Waals surface area contributed by atoms with Crippen LogP contribution in [-0.4, -0.2) is 23.8 Å². The summed E-state index contributed by atoms with van der Waals surface area (Å²) in [7, 11) is 0. The summed E-state index contributed by atoms with van der Waals surface area (Å²) in [4.78, 5) is 38.2. The minimum Gasteiger partial charge on any atom is -0.349 e. The van der Waals surface area contributed by atoms with Crippen molar-refractivity contribution in [1.82, 2.24) is 5.32 Å². The fourth-order valence-corrected chi connectivity index (χ4v) is 3.43. The standard InChI is InChI=1S/C15H12N2O3/c18-13-9-6-7-10(16-13)12-11(9)14(19)17(15(12)20)8-4-2-1-3-5-8/h1-7,9-12H,(H,16,18)/t9-,10-,11-,12-/m0/s1. The van der Waals surface area contributed by atoms with E-state index in [9.17, 15) is 14.4 Å². The van der Waals surface area contributed by atoms with E-state index >= 15 is 0 Å². The molecule has 2 fully saturated rings. The number of nitrogens with one attached hydrogen (secondary N) is 1. The average molecular weight is 268 g/mol. The molecule has 0 aromatic heterocycles. The minimum atomic E-state index is -0.550. The van der Waals surface area contributed by atoms with Gasteiger partial charge in [0.25, 0.3) is 0 Å². The van der Waals surface area contributed by atoms with Gasteiger partial charge in [-0.25, -0.2) is 4.90 Å². The number of rotatable bonds is 1. The van der Waals surface area contributed by atoms with Crippen LogP contribution in [0.15, 0.2) is 42.5 Å². The lowest BCUT2D eigenvalue weighted by atomic mass is 9.71. The lowest BCUT2D eigenvalue weighted by Crippen LogP contribution is -2.57. The third kappa shape index (κ3) is 1.29. The molecular weight excluding hydrogens is 256 g/mol. The maximum atomic E-state index is 12.6. The number of benzene rings is 1. The van der Waals surface area contributed by atoms with Gasteiger partial charge in [0, 0.05) is 0 Å². The van der Waals surface area contributed by atoms with Crippen LogP contribution in [0.5, 0.6) is 0 Å². The second kappa shape index (κ2) is 3.79. The zero-order valence-corrected chi connectivity index (χ0v) is 10.5. The Morgan fingerprint density at radius 2 is 1.60 bits per heavy atom. The summed E-state index contributed by atoms with van der Waals surface area (Å²) in [6.07, 6.45) is 3.58. The summed E-state index contributed by atoms with van der Waals surface area (Å²) < 4.78 is 0. The molecule has 5 heteroatoms. The van der Waals surface area contributed by atoms with Crippen molar-refractivity contribution >= 4 is 23.4 Å². The van der Waals surface area contributed by atoms with Crippen LogP contribution in [0.1, 0.15) is 0 Å². The average Bonchev–Trinajstić information content (AvgIpc) is 2.74. The first-order valence-corrected chi connectivity index (χ1v) is 6.60. The number of carbonyl (C=O) groups excluding carboxylic acids is 3. The van der Waals surface area contributed by atoms with E-state index in [0.29, 0.717) is 5.69 Å². The summed E-state index contributed by atoms with van der Waals surface area (Å²) in [5.74, 6) is -2.17. The molecule has 0 saturated carbocycles. The number of imide groups is 1. The topological polar surface area (TPSA) is 66.5 Å². The number of hydrogen-bond donors (Lipinski definition) is 1. The lowest BCUT2D eigenvalue weighted by Gasteiger charge is -2.38. The number of hydrogen-bond acceptors (Lipinski definition) is 3. The zero-order chi connectivity index (χ0) is 13.9. The number of anilines is 1. The van der Waals surface area contributed by atoms with Crippen molar-refractivity contribution < 1.29 is 14.4 Å². The van der Waals surface area contributed by atoms with Crippen molar-refractivity contribution in [3.8, 4) is 0 Å². The van der Waals surface area contributed by atoms with Crippen LogP contribution in [0, 0.1) is 17.8 Å². The second-order valence-corrected chi connectivity index (χ2v) is 5.34. The summed E-state index contributed by atoms with van der Waals surface area (Å²) in [6.45, 7) is 0. The van der Waals surface area contributed by atoms with Crippen molar-refractivity contribution in [2.75, 3.05) is 4.90 Å². The van der Waals surface area contributed by atoms with Gasteiger partial charge in [-0.2, -0.15) is 0 Å². The molecule has 1 aromatic rings. The van der Waals surface area contributed by atoms with Gasteiger partial charge in [0.05, 0.1) is 29.5 Å². The van der Waals surface area contributed by atoms with Crippen LogP contribution in [0.3, 0.4) is 0 Å². The van der Waals surface area contributed by atoms with Crippen molar-refractivity contribution in [3.63, 3.8) is 0 Å². The Bertz CT molecular complexity index is 652. The molecule has 20 heavy (non-hydrogen) atoms. The quantitative estimate of drug-likeness (QED) is 0.595. The minimum absolute atomic E-state index is 0.158. The molecule has 2 bridgehead atoms. The molecule has 0 unspecified atom stereocenters. The number of piperidine rings is 1. The normalized spacial score (nSPS) is 34.4. The van der Waals surface area contributed by atoms with Gasteiger partial charge in [-0.3, -0.25) is 14.4 Å². The number of fused-ring (bicyclic) bond motifs is 1. The lowest BCUT2D eigenvalue weighted by molar-refractivity contribution is -0.137. The molecule has 0 spiro atoms. The van der Waals surface area contributed by atoms with Crippen molar-refractivity contribution in [1.29, 1.82) is 0 Å². The highest BCUT2D eigenvalue weighted by molar-refractivity contribution is 6.24. The maximum Gasteiger partial charge on any atom is 0.240 e. The Morgan fingerprint density at radius 1 is 0.900 bits per heavy atom. The van der Waals surface area contributed by atoms with Crippen LogP contribution < -0.4 is 10.2 Å². The molecular formula is C15H12N2O3. The molecule has 0 radical (unpaired) electrons. The van der Waals surface area contributed by atoms with Gasteiger partial charge >= 0.3 is 0 Å². The highest BCUT2D eigenvalue weighted by Crippen LogP contribution is 2.43. The van der Waals surface area contributed by atoms with Gasteiger partial charge in [-0.05, 0) is 12.1 Å². The number of nitrogens with zero attached hydrogens (tertiary/aromatic N) is 1. The van der Waals surface area contributed by atoms with Gasteiger partial charge < -0.3 is 5.32 Å². The van der Waals surface area contributed by atoms with E-state index in [0.717, 1.165) is 0 Å². The Labute approximate surface area is 115 Å². The first-order valence-electron chi connectivity index (χ1n) is 6.60. The smallest absolute Gasteiger partial charge is 0.240 e. The predicted molar refractivity (Wildman–Crippen MR) is 70.5 cm³/mol. The van der Waals surface area contributed by atoms with Crippen LogP contribution in [0.4, 0.5) is 5.69 Å². The van der Waals surface area contributed by atoms with E-state index in [1.165, 1.54) is 4.90 Å². The monoisotopic (exact) mass is 268 g/mol. The Balaban J connectivity index is 1.79. The molecule has 1 N–H and O–H groups in total. The van der Waals surface area contributed by atoms with Crippen LogP contribution in [0.25, 0.3) is 0 Å². The van der Waals surface area contributed by atoms with Crippen molar-refractivity contribution in [3.05, 3.63) is 42.5 Å². The van der Waals surface area contributed by atoms with Gasteiger partial charge in [0.15, 0.2) is 0 Å². The van der Waals surface area contributed by atoms with E-state index < -0.39 is 17.8 Å². The summed E-state index contributed by atoms with van der Waals surface area (Å²) in [6, 6.07) is 8.51. The molecule has 100 valence electrons. The van der Waals surface area contributed by atoms with Crippen molar-refractivity contribution in [2.45, 2.75) is 6.04 Å². The van der Waals surface area contributed by atoms with Crippen molar-refractivity contribution in [2.24, 2.45) is 17.8 Å². The third-order valence-electron chi connectivity index (χ3n) is 4.32. The first kappa shape index (κ1) is 11.4. The molecule has 3 aliphatic heterocycles. The second-order valence-electron chi connectivity index (χ2n) is 5.34. The zero-order valence-electron chi connectivity index (χ0n) is 10.5. The molecule has 4 atom stereocenters. The summed E-state index contributed by atoms with van der Waals surface area (Å²) >= 11 is 0.